The van der Waals surface area contributed by atoms with Gasteiger partial charge in [0.05, 0.1) is 17.8 Å². The van der Waals surface area contributed by atoms with Crippen LogP contribution in [0.4, 0.5) is 0 Å². The standard InChI is InChI=1S/C19H16N2/c1-14-6-7-16-10-11-21(19(16)12-14)13-17-9-8-15-4-2-3-5-18(15)20-17/h2-12H,13H2,1H3. The summed E-state index contributed by atoms with van der Waals surface area (Å²) in [7, 11) is 0. The van der Waals surface area contributed by atoms with Crippen molar-refractivity contribution in [2.24, 2.45) is 0 Å². The van der Waals surface area contributed by atoms with Gasteiger partial charge in [0.1, 0.15) is 0 Å². The van der Waals surface area contributed by atoms with Gasteiger partial charge in [0.15, 0.2) is 0 Å². The Morgan fingerprint density at radius 2 is 1.76 bits per heavy atom. The number of nitrogens with zero attached hydrogens (tertiary/aromatic N) is 2. The van der Waals surface area contributed by atoms with E-state index in [1.807, 2.05) is 12.1 Å². The molecular formula is C19H16N2. The first-order chi connectivity index (χ1) is 10.3. The third-order valence-electron chi connectivity index (χ3n) is 3.92. The fourth-order valence-electron chi connectivity index (χ4n) is 2.80. The Labute approximate surface area is 123 Å². The van der Waals surface area contributed by atoms with Crippen LogP contribution >= 0.6 is 0 Å². The van der Waals surface area contributed by atoms with Crippen molar-refractivity contribution in [3.8, 4) is 0 Å². The van der Waals surface area contributed by atoms with Crippen LogP contribution in [0.3, 0.4) is 0 Å². The minimum Gasteiger partial charge on any atom is -0.341 e. The van der Waals surface area contributed by atoms with Crippen molar-refractivity contribution in [3.63, 3.8) is 0 Å². The van der Waals surface area contributed by atoms with Crippen molar-refractivity contribution in [2.75, 3.05) is 0 Å². The SMILES string of the molecule is Cc1ccc2ccn(Cc3ccc4ccccc4n3)c2c1. The van der Waals surface area contributed by atoms with Crippen molar-refractivity contribution in [1.29, 1.82) is 0 Å². The summed E-state index contributed by atoms with van der Waals surface area (Å²) < 4.78 is 2.26. The predicted octanol–water partition coefficient (Wildman–Crippen LogP) is 4.55. The lowest BCUT2D eigenvalue weighted by Crippen LogP contribution is -2.00. The van der Waals surface area contributed by atoms with Gasteiger partial charge < -0.3 is 4.57 Å². The molecule has 0 N–H and O–H groups in total. The topological polar surface area (TPSA) is 17.8 Å². The van der Waals surface area contributed by atoms with Crippen molar-refractivity contribution in [2.45, 2.75) is 13.5 Å². The van der Waals surface area contributed by atoms with Crippen molar-refractivity contribution in [1.82, 2.24) is 9.55 Å². The van der Waals surface area contributed by atoms with Gasteiger partial charge in [-0.15, -0.1) is 0 Å². The average Bonchev–Trinajstić information content (AvgIpc) is 2.89. The van der Waals surface area contributed by atoms with Gasteiger partial charge >= 0.3 is 0 Å². The maximum Gasteiger partial charge on any atom is 0.0706 e. The first kappa shape index (κ1) is 12.2. The lowest BCUT2D eigenvalue weighted by Gasteiger charge is -2.07. The molecule has 0 radical (unpaired) electrons. The van der Waals surface area contributed by atoms with Gasteiger partial charge in [0.2, 0.25) is 0 Å². The number of hydrogen-bond donors (Lipinski definition) is 0. The lowest BCUT2D eigenvalue weighted by atomic mass is 10.2. The maximum atomic E-state index is 4.76. The molecule has 0 atom stereocenters. The zero-order valence-corrected chi connectivity index (χ0v) is 12.0. The Morgan fingerprint density at radius 3 is 2.71 bits per heavy atom. The van der Waals surface area contributed by atoms with Crippen LogP contribution in [0.25, 0.3) is 21.8 Å². The normalized spacial score (nSPS) is 11.3. The molecule has 2 aromatic carbocycles. The van der Waals surface area contributed by atoms with E-state index in [1.165, 1.54) is 21.9 Å². The fraction of sp³-hybridized carbons (Fsp3) is 0.105. The van der Waals surface area contributed by atoms with Crippen molar-refractivity contribution < 1.29 is 0 Å². The molecule has 2 heteroatoms. The van der Waals surface area contributed by atoms with Crippen LogP contribution < -0.4 is 0 Å². The number of fused-ring (bicyclic) bond motifs is 2. The highest BCUT2D eigenvalue weighted by Crippen LogP contribution is 2.19. The number of pyridine rings is 1. The zero-order chi connectivity index (χ0) is 14.2. The molecule has 0 amide bonds. The molecule has 0 saturated heterocycles. The molecule has 0 saturated carbocycles. The third kappa shape index (κ3) is 2.19. The summed E-state index contributed by atoms with van der Waals surface area (Å²) in [5.74, 6) is 0. The van der Waals surface area contributed by atoms with Gasteiger partial charge in [-0.1, -0.05) is 36.4 Å². The molecule has 2 heterocycles. The molecule has 21 heavy (non-hydrogen) atoms. The van der Waals surface area contributed by atoms with E-state index in [2.05, 4.69) is 66.2 Å². The van der Waals surface area contributed by atoms with Crippen molar-refractivity contribution in [3.05, 3.63) is 78.1 Å². The summed E-state index contributed by atoms with van der Waals surface area (Å²) in [5.41, 5.74) is 4.70. The maximum absolute atomic E-state index is 4.76. The van der Waals surface area contributed by atoms with Crippen LogP contribution in [0.2, 0.25) is 0 Å². The fourth-order valence-corrected chi connectivity index (χ4v) is 2.80. The quantitative estimate of drug-likeness (QED) is 0.523. The van der Waals surface area contributed by atoms with Gasteiger partial charge in [-0.2, -0.15) is 0 Å². The van der Waals surface area contributed by atoms with Crippen LogP contribution in [0.1, 0.15) is 11.3 Å². The number of aromatic nitrogens is 2. The van der Waals surface area contributed by atoms with E-state index in [-0.39, 0.29) is 0 Å². The van der Waals surface area contributed by atoms with E-state index < -0.39 is 0 Å². The highest BCUT2D eigenvalue weighted by Gasteiger charge is 2.04. The first-order valence-electron chi connectivity index (χ1n) is 7.20. The predicted molar refractivity (Wildman–Crippen MR) is 87.5 cm³/mol. The van der Waals surface area contributed by atoms with E-state index >= 15 is 0 Å². The molecule has 0 aliphatic carbocycles. The van der Waals surface area contributed by atoms with Crippen LogP contribution in [0.15, 0.2) is 66.9 Å². The molecule has 0 unspecified atom stereocenters. The molecule has 0 bridgehead atoms. The number of rotatable bonds is 2. The van der Waals surface area contributed by atoms with E-state index in [0.29, 0.717) is 0 Å². The first-order valence-corrected chi connectivity index (χ1v) is 7.20. The second-order valence-corrected chi connectivity index (χ2v) is 5.50. The molecule has 0 aliphatic rings. The second-order valence-electron chi connectivity index (χ2n) is 5.50. The lowest BCUT2D eigenvalue weighted by molar-refractivity contribution is 0.812. The molecule has 0 fully saturated rings. The minimum absolute atomic E-state index is 0.803. The van der Waals surface area contributed by atoms with Gasteiger partial charge in [-0.05, 0) is 42.1 Å². The summed E-state index contributed by atoms with van der Waals surface area (Å²) >= 11 is 0. The number of hydrogen-bond acceptors (Lipinski definition) is 1. The van der Waals surface area contributed by atoms with Crippen LogP contribution in [-0.4, -0.2) is 9.55 Å². The van der Waals surface area contributed by atoms with E-state index in [9.17, 15) is 0 Å². The molecular weight excluding hydrogens is 256 g/mol. The van der Waals surface area contributed by atoms with Gasteiger partial charge in [-0.25, -0.2) is 0 Å². The summed E-state index contributed by atoms with van der Waals surface area (Å²) in [6, 6.07) is 21.2. The van der Waals surface area contributed by atoms with E-state index in [0.717, 1.165) is 17.8 Å². The minimum atomic E-state index is 0.803. The zero-order valence-electron chi connectivity index (χ0n) is 12.0. The molecule has 0 spiro atoms. The Balaban J connectivity index is 1.77. The molecule has 102 valence electrons. The molecule has 2 nitrogen and oxygen atoms in total. The van der Waals surface area contributed by atoms with Crippen LogP contribution in [-0.2, 0) is 6.54 Å². The van der Waals surface area contributed by atoms with Crippen LogP contribution in [0, 0.1) is 6.92 Å². The molecule has 0 aliphatic heterocycles. The Kier molecular flexibility index (Phi) is 2.74. The van der Waals surface area contributed by atoms with Crippen molar-refractivity contribution >= 4 is 21.8 Å². The monoisotopic (exact) mass is 272 g/mol. The van der Waals surface area contributed by atoms with E-state index in [4.69, 9.17) is 4.98 Å². The van der Waals surface area contributed by atoms with Gasteiger partial charge in [-0.3, -0.25) is 4.98 Å². The molecule has 4 aromatic rings. The summed E-state index contributed by atoms with van der Waals surface area (Å²) in [6.45, 7) is 2.93. The van der Waals surface area contributed by atoms with Gasteiger partial charge in [0, 0.05) is 17.1 Å². The van der Waals surface area contributed by atoms with Gasteiger partial charge in [0.25, 0.3) is 0 Å². The molecule has 2 aromatic heterocycles. The average molecular weight is 272 g/mol. The smallest absolute Gasteiger partial charge is 0.0706 e. The van der Waals surface area contributed by atoms with Crippen LogP contribution in [0.5, 0.6) is 0 Å². The largest absolute Gasteiger partial charge is 0.341 e. The Morgan fingerprint density at radius 1 is 0.905 bits per heavy atom. The third-order valence-corrected chi connectivity index (χ3v) is 3.92. The highest BCUT2D eigenvalue weighted by molar-refractivity contribution is 5.81. The summed E-state index contributed by atoms with van der Waals surface area (Å²) in [4.78, 5) is 4.76. The number of benzene rings is 2. The molecule has 4 rings (SSSR count). The Bertz CT molecular complexity index is 935. The summed E-state index contributed by atoms with van der Waals surface area (Å²) in [6.07, 6.45) is 2.14. The number of aryl methyl sites for hydroxylation is 1. The number of para-hydroxylation sites is 1. The summed E-state index contributed by atoms with van der Waals surface area (Å²) in [5, 5.41) is 2.47. The Hall–Kier alpha value is -2.61. The highest BCUT2D eigenvalue weighted by atomic mass is 15.0. The second kappa shape index (κ2) is 4.74. The van der Waals surface area contributed by atoms with E-state index in [1.54, 1.807) is 0 Å².